The number of ketones is 1. The molecule has 0 spiro atoms. The van der Waals surface area contributed by atoms with E-state index in [1.165, 1.54) is 0 Å². The third-order valence-electron chi connectivity index (χ3n) is 1.37. The van der Waals surface area contributed by atoms with E-state index < -0.39 is 6.04 Å². The zero-order valence-corrected chi connectivity index (χ0v) is 6.33. The Morgan fingerprint density at radius 1 is 1.60 bits per heavy atom. The zero-order chi connectivity index (χ0) is 8.15. The summed E-state index contributed by atoms with van der Waals surface area (Å²) in [7, 11) is 0. The summed E-state index contributed by atoms with van der Waals surface area (Å²) >= 11 is 0. The predicted molar refractivity (Wildman–Crippen MR) is 38.5 cm³/mol. The van der Waals surface area contributed by atoms with Crippen LogP contribution in [-0.2, 0) is 9.59 Å². The average Bonchev–Trinajstić information content (AvgIpc) is 1.87. The Balaban J connectivity index is 3.81. The fourth-order valence-electron chi connectivity index (χ4n) is 0.590. The van der Waals surface area contributed by atoms with Gasteiger partial charge >= 0.3 is 0 Å². The van der Waals surface area contributed by atoms with Crippen LogP contribution < -0.4 is 5.73 Å². The Morgan fingerprint density at radius 3 is 2.40 bits per heavy atom. The number of Topliss-reactive ketones (excluding diaryl/α,β-unsaturated/α-hetero) is 1. The Kier molecular flexibility index (Phi) is 3.88. The predicted octanol–water partition coefficient (Wildman–Crippen LogP) is 0.128. The van der Waals surface area contributed by atoms with E-state index in [-0.39, 0.29) is 18.1 Å². The molecular formula is C7H13NO2. The van der Waals surface area contributed by atoms with Crippen LogP contribution in [0.3, 0.4) is 0 Å². The minimum atomic E-state index is -0.481. The molecule has 0 aliphatic rings. The number of rotatable bonds is 4. The van der Waals surface area contributed by atoms with Gasteiger partial charge in [-0.15, -0.1) is 0 Å². The maximum Gasteiger partial charge on any atom is 0.156 e. The van der Waals surface area contributed by atoms with Crippen molar-refractivity contribution >= 4 is 12.1 Å². The lowest BCUT2D eigenvalue weighted by atomic mass is 10.00. The molecule has 0 aromatic rings. The lowest BCUT2D eigenvalue weighted by molar-refractivity contribution is -0.123. The van der Waals surface area contributed by atoms with Crippen molar-refractivity contribution in [3.8, 4) is 0 Å². The number of aldehydes is 1. The molecule has 0 amide bonds. The topological polar surface area (TPSA) is 60.2 Å². The minimum Gasteiger partial charge on any atom is -0.321 e. The van der Waals surface area contributed by atoms with E-state index in [1.54, 1.807) is 0 Å². The van der Waals surface area contributed by atoms with Crippen molar-refractivity contribution in [2.45, 2.75) is 26.3 Å². The maximum atomic E-state index is 10.8. The van der Waals surface area contributed by atoms with Crippen LogP contribution in [0, 0.1) is 5.92 Å². The highest BCUT2D eigenvalue weighted by atomic mass is 16.1. The molecule has 0 fully saturated rings. The van der Waals surface area contributed by atoms with Gasteiger partial charge in [-0.25, -0.2) is 0 Å². The first-order valence-electron chi connectivity index (χ1n) is 3.31. The fraction of sp³-hybridized carbons (Fsp3) is 0.714. The number of hydrogen-bond acceptors (Lipinski definition) is 3. The van der Waals surface area contributed by atoms with Crippen molar-refractivity contribution in [1.82, 2.24) is 0 Å². The van der Waals surface area contributed by atoms with Crippen LogP contribution in [0.5, 0.6) is 0 Å². The monoisotopic (exact) mass is 143 g/mol. The van der Waals surface area contributed by atoms with Crippen LogP contribution in [0.4, 0.5) is 0 Å². The van der Waals surface area contributed by atoms with Gasteiger partial charge in [-0.1, -0.05) is 13.8 Å². The molecule has 0 aromatic heterocycles. The first kappa shape index (κ1) is 9.30. The Labute approximate surface area is 60.6 Å². The normalized spacial score (nSPS) is 13.2. The van der Waals surface area contributed by atoms with Gasteiger partial charge in [-0.3, -0.25) is 4.79 Å². The summed E-state index contributed by atoms with van der Waals surface area (Å²) in [5.41, 5.74) is 5.44. The Hall–Kier alpha value is -0.700. The van der Waals surface area contributed by atoms with E-state index in [1.807, 2.05) is 13.8 Å². The van der Waals surface area contributed by atoms with Crippen LogP contribution in [0.2, 0.25) is 0 Å². The van der Waals surface area contributed by atoms with Gasteiger partial charge in [0.15, 0.2) is 5.78 Å². The quantitative estimate of drug-likeness (QED) is 0.449. The van der Waals surface area contributed by atoms with E-state index in [2.05, 4.69) is 0 Å². The van der Waals surface area contributed by atoms with Crippen molar-refractivity contribution in [3.05, 3.63) is 0 Å². The van der Waals surface area contributed by atoms with E-state index in [4.69, 9.17) is 5.73 Å². The average molecular weight is 143 g/mol. The van der Waals surface area contributed by atoms with Crippen molar-refractivity contribution < 1.29 is 9.59 Å². The van der Waals surface area contributed by atoms with Gasteiger partial charge in [-0.2, -0.15) is 0 Å². The van der Waals surface area contributed by atoms with Gasteiger partial charge in [0.1, 0.15) is 6.29 Å². The molecular weight excluding hydrogens is 130 g/mol. The molecule has 0 heterocycles. The van der Waals surface area contributed by atoms with Gasteiger partial charge in [0.25, 0.3) is 0 Å². The Bertz CT molecular complexity index is 132. The Morgan fingerprint density at radius 2 is 2.10 bits per heavy atom. The van der Waals surface area contributed by atoms with E-state index >= 15 is 0 Å². The fourth-order valence-corrected chi connectivity index (χ4v) is 0.590. The molecule has 1 atom stereocenters. The van der Waals surface area contributed by atoms with E-state index in [0.29, 0.717) is 6.29 Å². The number of carbonyl (C=O) groups is 2. The molecule has 0 radical (unpaired) electrons. The molecule has 0 rings (SSSR count). The van der Waals surface area contributed by atoms with Crippen molar-refractivity contribution in [2.75, 3.05) is 0 Å². The first-order valence-corrected chi connectivity index (χ1v) is 3.31. The zero-order valence-electron chi connectivity index (χ0n) is 6.33. The van der Waals surface area contributed by atoms with Crippen molar-refractivity contribution in [2.24, 2.45) is 11.7 Å². The second kappa shape index (κ2) is 4.17. The molecule has 10 heavy (non-hydrogen) atoms. The third-order valence-corrected chi connectivity index (χ3v) is 1.37. The summed E-state index contributed by atoms with van der Waals surface area (Å²) in [6, 6.07) is -0.481. The van der Waals surface area contributed by atoms with E-state index in [9.17, 15) is 9.59 Å². The summed E-state index contributed by atoms with van der Waals surface area (Å²) in [6.45, 7) is 3.71. The van der Waals surface area contributed by atoms with Gasteiger partial charge < -0.3 is 10.5 Å². The van der Waals surface area contributed by atoms with Gasteiger partial charge in [0, 0.05) is 0 Å². The summed E-state index contributed by atoms with van der Waals surface area (Å²) < 4.78 is 0. The number of carbonyl (C=O) groups excluding carboxylic acids is 2. The first-order chi connectivity index (χ1) is 4.59. The van der Waals surface area contributed by atoms with Crippen LogP contribution in [0.1, 0.15) is 20.3 Å². The van der Waals surface area contributed by atoms with Crippen LogP contribution in [0.25, 0.3) is 0 Å². The molecule has 0 aliphatic heterocycles. The van der Waals surface area contributed by atoms with E-state index in [0.717, 1.165) is 0 Å². The lowest BCUT2D eigenvalue weighted by Crippen LogP contribution is -2.35. The van der Waals surface area contributed by atoms with Gasteiger partial charge in [0.2, 0.25) is 0 Å². The molecule has 0 saturated heterocycles. The highest BCUT2D eigenvalue weighted by molar-refractivity contribution is 5.93. The largest absolute Gasteiger partial charge is 0.321 e. The SMILES string of the molecule is CC(C)[C@H](N)C(=O)CC=O. The molecule has 2 N–H and O–H groups in total. The highest BCUT2D eigenvalue weighted by Gasteiger charge is 2.15. The summed E-state index contributed by atoms with van der Waals surface area (Å²) in [6.07, 6.45) is 0.532. The smallest absolute Gasteiger partial charge is 0.156 e. The second-order valence-electron chi connectivity index (χ2n) is 2.61. The highest BCUT2D eigenvalue weighted by Crippen LogP contribution is 2.00. The summed E-state index contributed by atoms with van der Waals surface area (Å²) in [5.74, 6) is -0.0579. The maximum absolute atomic E-state index is 10.8. The lowest BCUT2D eigenvalue weighted by Gasteiger charge is -2.11. The van der Waals surface area contributed by atoms with Crippen LogP contribution >= 0.6 is 0 Å². The summed E-state index contributed by atoms with van der Waals surface area (Å²) in [4.78, 5) is 20.7. The molecule has 0 aliphatic carbocycles. The molecule has 3 nitrogen and oxygen atoms in total. The number of hydrogen-bond donors (Lipinski definition) is 1. The van der Waals surface area contributed by atoms with Crippen molar-refractivity contribution in [1.29, 1.82) is 0 Å². The minimum absolute atomic E-state index is 0.0562. The molecule has 58 valence electrons. The molecule has 0 unspecified atom stereocenters. The van der Waals surface area contributed by atoms with Crippen LogP contribution in [-0.4, -0.2) is 18.1 Å². The molecule has 0 bridgehead atoms. The van der Waals surface area contributed by atoms with Gasteiger partial charge in [0.05, 0.1) is 12.5 Å². The van der Waals surface area contributed by atoms with Gasteiger partial charge in [-0.05, 0) is 5.92 Å². The second-order valence-corrected chi connectivity index (χ2v) is 2.61. The number of nitrogens with two attached hydrogens (primary N) is 1. The molecule has 3 heteroatoms. The molecule has 0 aromatic carbocycles. The third kappa shape index (κ3) is 2.73. The van der Waals surface area contributed by atoms with Crippen LogP contribution in [0.15, 0.2) is 0 Å². The summed E-state index contributed by atoms with van der Waals surface area (Å²) in [5, 5.41) is 0. The molecule has 0 saturated carbocycles. The van der Waals surface area contributed by atoms with Crippen molar-refractivity contribution in [3.63, 3.8) is 0 Å². The standard InChI is InChI=1S/C7H13NO2/c1-5(2)7(8)6(10)3-4-9/h4-5,7H,3,8H2,1-2H3/t7-/m0/s1.